The topological polar surface area (TPSA) is 47.6 Å². The Bertz CT molecular complexity index is 404. The number of benzene rings is 1. The molecule has 1 aromatic rings. The normalized spacial score (nSPS) is 14.8. The van der Waals surface area contributed by atoms with Gasteiger partial charge in [-0.3, -0.25) is 4.79 Å². The SMILES string of the molecule is CC(C)C(Cc1ccc2c(c1)OCO2)NC=O. The van der Waals surface area contributed by atoms with Crippen molar-refractivity contribution in [3.05, 3.63) is 23.8 Å². The van der Waals surface area contributed by atoms with Crippen LogP contribution in [0.15, 0.2) is 18.2 Å². The Hall–Kier alpha value is -1.71. The first-order chi connectivity index (χ1) is 8.20. The van der Waals surface area contributed by atoms with Crippen LogP contribution in [0.1, 0.15) is 19.4 Å². The minimum atomic E-state index is 0.146. The van der Waals surface area contributed by atoms with E-state index in [0.717, 1.165) is 29.9 Å². The maximum atomic E-state index is 10.5. The Morgan fingerprint density at radius 3 is 2.82 bits per heavy atom. The molecule has 0 radical (unpaired) electrons. The second-order valence-corrected chi connectivity index (χ2v) is 4.53. The van der Waals surface area contributed by atoms with Gasteiger partial charge in [0.15, 0.2) is 11.5 Å². The molecule has 1 heterocycles. The van der Waals surface area contributed by atoms with Gasteiger partial charge >= 0.3 is 0 Å². The van der Waals surface area contributed by atoms with Crippen LogP contribution in [0.25, 0.3) is 0 Å². The number of hydrogen-bond acceptors (Lipinski definition) is 3. The van der Waals surface area contributed by atoms with E-state index in [1.54, 1.807) is 0 Å². The van der Waals surface area contributed by atoms with Gasteiger partial charge in [0.2, 0.25) is 13.2 Å². The van der Waals surface area contributed by atoms with Crippen molar-refractivity contribution in [3.8, 4) is 11.5 Å². The highest BCUT2D eigenvalue weighted by Gasteiger charge is 2.17. The number of fused-ring (bicyclic) bond motifs is 1. The first-order valence-electron chi connectivity index (χ1n) is 5.79. The summed E-state index contributed by atoms with van der Waals surface area (Å²) < 4.78 is 10.6. The predicted molar refractivity (Wildman–Crippen MR) is 64.1 cm³/mol. The maximum Gasteiger partial charge on any atom is 0.231 e. The monoisotopic (exact) mass is 235 g/mol. The highest BCUT2D eigenvalue weighted by atomic mass is 16.7. The van der Waals surface area contributed by atoms with Gasteiger partial charge in [0, 0.05) is 6.04 Å². The lowest BCUT2D eigenvalue weighted by molar-refractivity contribution is -0.110. The summed E-state index contributed by atoms with van der Waals surface area (Å²) in [5, 5.41) is 2.85. The molecule has 0 saturated heterocycles. The van der Waals surface area contributed by atoms with Crippen LogP contribution in [-0.4, -0.2) is 19.2 Å². The lowest BCUT2D eigenvalue weighted by Crippen LogP contribution is -2.34. The third kappa shape index (κ3) is 2.70. The summed E-state index contributed by atoms with van der Waals surface area (Å²) in [4.78, 5) is 10.5. The number of hydrogen-bond donors (Lipinski definition) is 1. The van der Waals surface area contributed by atoms with Crippen molar-refractivity contribution in [2.45, 2.75) is 26.3 Å². The van der Waals surface area contributed by atoms with Gasteiger partial charge in [-0.05, 0) is 30.0 Å². The molecule has 0 spiro atoms. The third-order valence-corrected chi connectivity index (χ3v) is 2.98. The maximum absolute atomic E-state index is 10.5. The summed E-state index contributed by atoms with van der Waals surface area (Å²) in [7, 11) is 0. The fourth-order valence-electron chi connectivity index (χ4n) is 1.90. The van der Waals surface area contributed by atoms with Crippen LogP contribution in [0.2, 0.25) is 0 Å². The highest BCUT2D eigenvalue weighted by molar-refractivity contribution is 5.48. The van der Waals surface area contributed by atoms with Crippen LogP contribution < -0.4 is 14.8 Å². The van der Waals surface area contributed by atoms with Crippen LogP contribution in [0, 0.1) is 5.92 Å². The van der Waals surface area contributed by atoms with Crippen molar-refractivity contribution in [2.75, 3.05) is 6.79 Å². The first-order valence-corrected chi connectivity index (χ1v) is 5.79. The van der Waals surface area contributed by atoms with E-state index >= 15 is 0 Å². The lowest BCUT2D eigenvalue weighted by Gasteiger charge is -2.20. The Morgan fingerprint density at radius 1 is 1.35 bits per heavy atom. The zero-order valence-corrected chi connectivity index (χ0v) is 10.1. The van der Waals surface area contributed by atoms with Crippen LogP contribution >= 0.6 is 0 Å². The largest absolute Gasteiger partial charge is 0.454 e. The molecule has 0 saturated carbocycles. The molecule has 1 atom stereocenters. The second kappa shape index (κ2) is 5.08. The molecule has 1 aromatic carbocycles. The van der Waals surface area contributed by atoms with Gasteiger partial charge in [0.05, 0.1) is 0 Å². The molecule has 0 fully saturated rings. The average Bonchev–Trinajstić information content (AvgIpc) is 2.75. The van der Waals surface area contributed by atoms with Crippen LogP contribution in [-0.2, 0) is 11.2 Å². The van der Waals surface area contributed by atoms with E-state index in [1.165, 1.54) is 0 Å². The highest BCUT2D eigenvalue weighted by Crippen LogP contribution is 2.32. The van der Waals surface area contributed by atoms with Gasteiger partial charge in [-0.2, -0.15) is 0 Å². The number of carbonyl (C=O) groups is 1. The van der Waals surface area contributed by atoms with Crippen molar-refractivity contribution >= 4 is 6.41 Å². The van der Waals surface area contributed by atoms with Crippen LogP contribution in [0.5, 0.6) is 11.5 Å². The van der Waals surface area contributed by atoms with Crippen molar-refractivity contribution < 1.29 is 14.3 Å². The Kier molecular flexibility index (Phi) is 3.52. The summed E-state index contributed by atoms with van der Waals surface area (Å²) in [6, 6.07) is 6.04. The number of amides is 1. The van der Waals surface area contributed by atoms with E-state index < -0.39 is 0 Å². The lowest BCUT2D eigenvalue weighted by atomic mass is 9.96. The minimum absolute atomic E-state index is 0.146. The smallest absolute Gasteiger partial charge is 0.231 e. The van der Waals surface area contributed by atoms with Crippen molar-refractivity contribution in [3.63, 3.8) is 0 Å². The number of rotatable bonds is 5. The molecule has 0 bridgehead atoms. The van der Waals surface area contributed by atoms with E-state index in [-0.39, 0.29) is 6.04 Å². The third-order valence-electron chi connectivity index (χ3n) is 2.98. The Morgan fingerprint density at radius 2 is 2.12 bits per heavy atom. The molecule has 2 rings (SSSR count). The fourth-order valence-corrected chi connectivity index (χ4v) is 1.90. The van der Waals surface area contributed by atoms with Gasteiger partial charge in [-0.25, -0.2) is 0 Å². The molecule has 1 unspecified atom stereocenters. The molecule has 17 heavy (non-hydrogen) atoms. The average molecular weight is 235 g/mol. The van der Waals surface area contributed by atoms with Crippen LogP contribution in [0.4, 0.5) is 0 Å². The Labute approximate surface area is 101 Å². The molecule has 4 nitrogen and oxygen atoms in total. The van der Waals surface area contributed by atoms with E-state index in [1.807, 2.05) is 18.2 Å². The summed E-state index contributed by atoms with van der Waals surface area (Å²) >= 11 is 0. The summed E-state index contributed by atoms with van der Waals surface area (Å²) in [5.74, 6) is 1.97. The predicted octanol–water partition coefficient (Wildman–Crippen LogP) is 1.73. The van der Waals surface area contributed by atoms with E-state index in [2.05, 4.69) is 19.2 Å². The number of nitrogens with one attached hydrogen (secondary N) is 1. The first kappa shape index (κ1) is 11.8. The zero-order chi connectivity index (χ0) is 12.3. The number of ether oxygens (including phenoxy) is 2. The van der Waals surface area contributed by atoms with E-state index in [0.29, 0.717) is 12.7 Å². The van der Waals surface area contributed by atoms with Gasteiger partial charge < -0.3 is 14.8 Å². The van der Waals surface area contributed by atoms with Crippen molar-refractivity contribution in [1.82, 2.24) is 5.32 Å². The van der Waals surface area contributed by atoms with Gasteiger partial charge in [0.1, 0.15) is 0 Å². The summed E-state index contributed by atoms with van der Waals surface area (Å²) in [6.07, 6.45) is 1.56. The van der Waals surface area contributed by atoms with Crippen molar-refractivity contribution in [2.24, 2.45) is 5.92 Å². The summed E-state index contributed by atoms with van der Waals surface area (Å²) in [5.41, 5.74) is 1.14. The van der Waals surface area contributed by atoms with Gasteiger partial charge in [-0.1, -0.05) is 19.9 Å². The Balaban J connectivity index is 2.09. The molecular formula is C13H17NO3. The summed E-state index contributed by atoms with van der Waals surface area (Å²) in [6.45, 7) is 4.47. The van der Waals surface area contributed by atoms with Crippen molar-refractivity contribution in [1.29, 1.82) is 0 Å². The molecule has 4 heteroatoms. The zero-order valence-electron chi connectivity index (χ0n) is 10.1. The molecular weight excluding hydrogens is 218 g/mol. The minimum Gasteiger partial charge on any atom is -0.454 e. The number of carbonyl (C=O) groups excluding carboxylic acids is 1. The van der Waals surface area contributed by atoms with Gasteiger partial charge in [0.25, 0.3) is 0 Å². The van der Waals surface area contributed by atoms with E-state index in [9.17, 15) is 4.79 Å². The molecule has 0 aromatic heterocycles. The van der Waals surface area contributed by atoms with Gasteiger partial charge in [-0.15, -0.1) is 0 Å². The van der Waals surface area contributed by atoms with Crippen LogP contribution in [0.3, 0.4) is 0 Å². The quantitative estimate of drug-likeness (QED) is 0.791. The second-order valence-electron chi connectivity index (χ2n) is 4.53. The standard InChI is InChI=1S/C13H17NO3/c1-9(2)11(14-7-15)5-10-3-4-12-13(6-10)17-8-16-12/h3-4,6-7,9,11H,5,8H2,1-2H3,(H,14,15). The molecule has 1 amide bonds. The molecule has 1 aliphatic heterocycles. The molecule has 92 valence electrons. The molecule has 0 aliphatic carbocycles. The van der Waals surface area contributed by atoms with E-state index in [4.69, 9.17) is 9.47 Å². The molecule has 1 aliphatic rings. The molecule has 1 N–H and O–H groups in total. The fraction of sp³-hybridized carbons (Fsp3) is 0.462.